The Morgan fingerprint density at radius 1 is 0.605 bits per heavy atom. The van der Waals surface area contributed by atoms with Crippen molar-refractivity contribution in [1.82, 2.24) is 0 Å². The first-order valence-corrected chi connectivity index (χ1v) is 18.8. The van der Waals surface area contributed by atoms with E-state index in [2.05, 4.69) is 98.7 Å². The standard InChI is InChI=1S/2C9H21P.C8H7.C8H5.ClH.Rh/c2*1-7(2)10(8(3)4)9(5)6;2*1-2-8-6-4-3-5-7-8;;/h2*7-9H,1-6H3;1-7H;3-7H;1H;/q;;2*-1;;+3/p-1. The van der Waals surface area contributed by atoms with Gasteiger partial charge in [0.15, 0.2) is 0 Å². The zero-order chi connectivity index (χ0) is 30.3. The van der Waals surface area contributed by atoms with Gasteiger partial charge in [-0.1, -0.05) is 135 Å². The fraction of sp³-hybridized carbons (Fsp3) is 0.529. The van der Waals surface area contributed by atoms with E-state index in [-0.39, 0.29) is 15.8 Å². The van der Waals surface area contributed by atoms with E-state index in [4.69, 9.17) is 13.0 Å². The molecule has 0 radical (unpaired) electrons. The summed E-state index contributed by atoms with van der Waals surface area (Å²) in [5.74, 6) is 2.28. The summed E-state index contributed by atoms with van der Waals surface area (Å²) in [7, 11) is 5.05. The molecule has 0 unspecified atom stereocenters. The molecule has 0 fully saturated rings. The van der Waals surface area contributed by atoms with E-state index in [1.54, 1.807) is 6.08 Å². The van der Waals surface area contributed by atoms with Crippen LogP contribution in [0.3, 0.4) is 0 Å². The van der Waals surface area contributed by atoms with E-state index in [1.165, 1.54) is 0 Å². The second kappa shape index (κ2) is 26.7. The molecule has 0 saturated heterocycles. The molecular weight excluding hydrogens is 609 g/mol. The third kappa shape index (κ3) is 22.3. The summed E-state index contributed by atoms with van der Waals surface area (Å²) in [5.41, 5.74) is 7.28. The van der Waals surface area contributed by atoms with Gasteiger partial charge in [0.1, 0.15) is 0 Å². The normalized spacial score (nSPS) is 10.2. The van der Waals surface area contributed by atoms with Crippen molar-refractivity contribution in [1.29, 1.82) is 0 Å². The van der Waals surface area contributed by atoms with Gasteiger partial charge in [-0.2, -0.15) is 5.56 Å². The van der Waals surface area contributed by atoms with Crippen LogP contribution in [0.1, 0.15) is 94.2 Å². The maximum atomic E-state index is 6.69. The zero-order valence-corrected chi connectivity index (χ0v) is 30.2. The molecular formula is C34H54ClP2Rh. The summed E-state index contributed by atoms with van der Waals surface area (Å²) >= 11 is 2.02. The molecule has 0 aromatic heterocycles. The van der Waals surface area contributed by atoms with Crippen LogP contribution in [0, 0.1) is 18.9 Å². The number of hydrogen-bond acceptors (Lipinski definition) is 0. The van der Waals surface area contributed by atoms with Gasteiger partial charge in [0, 0.05) is 0 Å². The monoisotopic (exact) mass is 662 g/mol. The van der Waals surface area contributed by atoms with Crippen LogP contribution in [0.4, 0.5) is 0 Å². The molecule has 0 aliphatic carbocycles. The third-order valence-electron chi connectivity index (χ3n) is 5.49. The Morgan fingerprint density at radius 3 is 1.00 bits per heavy atom. The first-order chi connectivity index (χ1) is 17.8. The van der Waals surface area contributed by atoms with Crippen molar-refractivity contribution in [3.05, 3.63) is 84.8 Å². The molecule has 216 valence electrons. The summed E-state index contributed by atoms with van der Waals surface area (Å²) in [6.45, 7) is 33.5. The predicted octanol–water partition coefficient (Wildman–Crippen LogP) is 11.8. The topological polar surface area (TPSA) is 0 Å². The van der Waals surface area contributed by atoms with Gasteiger partial charge in [-0.25, -0.2) is 6.08 Å². The minimum atomic E-state index is 0.262. The molecule has 2 aromatic carbocycles. The van der Waals surface area contributed by atoms with Crippen LogP contribution in [0.25, 0.3) is 6.08 Å². The van der Waals surface area contributed by atoms with Crippen molar-refractivity contribution in [2.45, 2.75) is 117 Å². The Bertz CT molecular complexity index is 747. The average Bonchev–Trinajstić information content (AvgIpc) is 2.86. The fourth-order valence-corrected chi connectivity index (χ4v) is 11.8. The van der Waals surface area contributed by atoms with E-state index in [0.717, 1.165) is 45.1 Å². The van der Waals surface area contributed by atoms with Crippen molar-refractivity contribution in [2.24, 2.45) is 0 Å². The Kier molecular flexibility index (Phi) is 29.5. The van der Waals surface area contributed by atoms with Gasteiger partial charge in [-0.3, -0.25) is 12.5 Å². The predicted molar refractivity (Wildman–Crippen MR) is 178 cm³/mol. The third-order valence-corrected chi connectivity index (χ3v) is 12.6. The summed E-state index contributed by atoms with van der Waals surface area (Å²) in [4.78, 5) is 0. The van der Waals surface area contributed by atoms with Gasteiger partial charge in [0.05, 0.1) is 0 Å². The van der Waals surface area contributed by atoms with Crippen molar-refractivity contribution >= 4 is 31.6 Å². The molecule has 0 atom stereocenters. The summed E-state index contributed by atoms with van der Waals surface area (Å²) in [5, 5.41) is 0. The average molecular weight is 663 g/mol. The van der Waals surface area contributed by atoms with Crippen LogP contribution >= 0.6 is 25.5 Å². The maximum absolute atomic E-state index is 6.69. The zero-order valence-electron chi connectivity index (χ0n) is 26.0. The van der Waals surface area contributed by atoms with Gasteiger partial charge >= 0.3 is 27.0 Å². The van der Waals surface area contributed by atoms with Crippen LogP contribution < -0.4 is 0 Å². The van der Waals surface area contributed by atoms with E-state index >= 15 is 0 Å². The molecule has 0 bridgehead atoms. The molecule has 38 heavy (non-hydrogen) atoms. The molecule has 0 heterocycles. The number of benzene rings is 2. The molecule has 2 aromatic rings. The van der Waals surface area contributed by atoms with Crippen molar-refractivity contribution in [3.8, 4) is 5.92 Å². The van der Waals surface area contributed by atoms with E-state index in [0.29, 0.717) is 0 Å². The number of rotatable bonds is 7. The van der Waals surface area contributed by atoms with Gasteiger partial charge in [0.25, 0.3) is 0 Å². The molecule has 4 heteroatoms. The Balaban J connectivity index is -0.000000421. The number of halogens is 1. The van der Waals surface area contributed by atoms with Crippen LogP contribution in [0.5, 0.6) is 0 Å². The van der Waals surface area contributed by atoms with Crippen LogP contribution in [-0.2, 0) is 17.3 Å². The minimum absolute atomic E-state index is 0.262. The van der Waals surface area contributed by atoms with E-state index in [9.17, 15) is 0 Å². The summed E-state index contributed by atoms with van der Waals surface area (Å²) in [6.07, 6.45) is 8.28. The van der Waals surface area contributed by atoms with E-state index in [1.807, 2.05) is 78.0 Å². The first-order valence-electron chi connectivity index (χ1n) is 13.5. The molecule has 0 nitrogen and oxygen atoms in total. The Labute approximate surface area is 255 Å². The Morgan fingerprint density at radius 2 is 0.868 bits per heavy atom. The Hall–Kier alpha value is -0.487. The summed E-state index contributed by atoms with van der Waals surface area (Å²) < 4.78 is 0. The van der Waals surface area contributed by atoms with Gasteiger partial charge < -0.3 is 6.42 Å². The molecule has 2 rings (SSSR count). The molecule has 0 aliphatic heterocycles. The first kappa shape index (κ1) is 42.0. The van der Waals surface area contributed by atoms with Gasteiger partial charge in [0.2, 0.25) is 0 Å². The van der Waals surface area contributed by atoms with Crippen molar-refractivity contribution < 1.29 is 17.3 Å². The summed E-state index contributed by atoms with van der Waals surface area (Å²) in [6, 6.07) is 19.2. The molecule has 0 N–H and O–H groups in total. The van der Waals surface area contributed by atoms with Crippen LogP contribution in [-0.4, -0.2) is 34.0 Å². The van der Waals surface area contributed by atoms with Crippen LogP contribution in [0.2, 0.25) is 0 Å². The van der Waals surface area contributed by atoms with Gasteiger partial charge in [-0.15, -0.1) is 29.8 Å². The van der Waals surface area contributed by atoms with Gasteiger partial charge in [-0.05, 0) is 34.0 Å². The SMILES string of the molecule is CC(C)P(C(C)C)C(C)C.CC(C)P(C(C)C)C(C)C.[C-]#Cc1ccccc1.[CH-]=Cc1ccccc1.[Cl][Rh+2]. The second-order valence-electron chi connectivity index (χ2n) is 10.5. The second-order valence-corrected chi connectivity index (χ2v) is 18.5. The molecule has 0 amide bonds. The molecule has 0 spiro atoms. The van der Waals surface area contributed by atoms with Crippen molar-refractivity contribution in [2.75, 3.05) is 0 Å². The molecule has 0 saturated carbocycles. The van der Waals surface area contributed by atoms with Crippen LogP contribution in [0.15, 0.2) is 60.7 Å². The van der Waals surface area contributed by atoms with Crippen molar-refractivity contribution in [3.63, 3.8) is 0 Å². The molecule has 0 aliphatic rings. The number of hydrogen-bond donors (Lipinski definition) is 0. The fourth-order valence-electron chi connectivity index (χ4n) is 4.66. The quantitative estimate of drug-likeness (QED) is 0.120. The van der Waals surface area contributed by atoms with E-state index < -0.39 is 0 Å².